The molecule has 3 aliphatic heterocycles. The molecule has 3 heterocycles. The molecule has 0 spiro atoms. The maximum Gasteiger partial charge on any atom is 0.328 e. The van der Waals surface area contributed by atoms with Crippen LogP contribution in [0.3, 0.4) is 0 Å². The summed E-state index contributed by atoms with van der Waals surface area (Å²) >= 11 is 0. The van der Waals surface area contributed by atoms with Crippen molar-refractivity contribution in [2.45, 2.75) is 293 Å². The number of hydrogen-bond donors (Lipinski definition) is 21. The number of amides is 13. The minimum Gasteiger partial charge on any atom is -0.508 e. The molecule has 624 valence electrons. The summed E-state index contributed by atoms with van der Waals surface area (Å²) in [4.78, 5) is 203. The summed E-state index contributed by atoms with van der Waals surface area (Å²) < 4.78 is 5.98. The Hall–Kier alpha value is -9.41. The largest absolute Gasteiger partial charge is 0.508 e. The molecule has 0 aliphatic carbocycles. The quantitative estimate of drug-likeness (QED) is 0.0178. The second-order valence-corrected chi connectivity index (χ2v) is 29.2. The molecule has 39 heteroatoms. The van der Waals surface area contributed by atoms with Crippen molar-refractivity contribution >= 4 is 88.7 Å². The zero-order valence-corrected chi connectivity index (χ0v) is 64.4. The Balaban J connectivity index is 1.82. The van der Waals surface area contributed by atoms with Crippen LogP contribution in [0.25, 0.3) is 0 Å². The third-order valence-electron chi connectivity index (χ3n) is 19.2. The third-order valence-corrected chi connectivity index (χ3v) is 19.2. The van der Waals surface area contributed by atoms with Gasteiger partial charge < -0.3 is 126 Å². The van der Waals surface area contributed by atoms with Gasteiger partial charge in [-0.2, -0.15) is 0 Å². The highest BCUT2D eigenvalue weighted by molar-refractivity contribution is 6.00. The number of fused-ring (bicyclic) bond motifs is 2. The Bertz CT molecular complexity index is 3340. The number of hydrogen-bond acceptors (Lipinski definition) is 24. The fraction of sp³-hybridized carbons (Fsp3) is 0.708. The predicted molar refractivity (Wildman–Crippen MR) is 397 cm³/mol. The summed E-state index contributed by atoms with van der Waals surface area (Å²) in [5, 5.41) is 111. The van der Waals surface area contributed by atoms with E-state index < -0.39 is 243 Å². The average molecular weight is 1580 g/mol. The number of aliphatic hydroxyl groups is 7. The van der Waals surface area contributed by atoms with Crippen LogP contribution in [-0.4, -0.2) is 281 Å². The molecule has 1 aromatic rings. The number of aliphatic imine (C=N–C) groups is 1. The molecule has 0 saturated carbocycles. The lowest BCUT2D eigenvalue weighted by Gasteiger charge is -2.34. The van der Waals surface area contributed by atoms with Crippen LogP contribution in [0.1, 0.15) is 177 Å². The first-order valence-electron chi connectivity index (χ1n) is 37.9. The molecule has 19 atom stereocenters. The van der Waals surface area contributed by atoms with E-state index in [0.29, 0.717) is 23.3 Å². The SMILES string of the molecule is CCCCCCCCCCCCC[C@@H]1CC(=O)N[C@H]([C@@H](C)O)C(=O)N[C@H](C)C(=O)N[C@@H](Cc2ccc(O)cc2)C(=O)N[C@@H](C(C)C)C(=O)N2C[C@H](O)C[C@H]2C(=O)N[C@H]([C@@H](C)O)C(=O)N[C@@H]([C@@H](C)O)C(=O)N2CC[C@H](O)[C@H]2C(=O)N[C@@H]([C@H](O)CC(N)=O)C(=O)NCC(=O)N[C@H]([C@@H](C)O)C(=O)N[C@@H](CCCN=C(N)N)C(=O)O1. The van der Waals surface area contributed by atoms with E-state index in [2.05, 4.69) is 65.1 Å². The van der Waals surface area contributed by atoms with Crippen LogP contribution in [0.2, 0.25) is 0 Å². The predicted octanol–water partition coefficient (Wildman–Crippen LogP) is -6.16. The van der Waals surface area contributed by atoms with Crippen molar-refractivity contribution in [2.75, 3.05) is 26.2 Å². The lowest BCUT2D eigenvalue weighted by atomic mass is 9.99. The number of phenols is 1. The van der Waals surface area contributed by atoms with E-state index in [4.69, 9.17) is 21.9 Å². The standard InChI is InChI=1S/C72H118N16O23/c1-9-10-11-12-13-14-15-16-17-18-19-21-45-32-52(98)81-55(38(5)89)65(104)78-37(4)61(100)80-47(30-42-23-25-43(93)26-24-42)62(101)83-54(36(2)3)69(108)88-35-44(94)31-48(88)63(102)84-57(40(7)91)67(106)85-58(41(8)92)70(109)87-29-27-49(95)60(87)68(107)86-59(50(96)33-51(73)97)64(103)77-34-53(99)82-56(39(6)90)66(105)79-46(71(110)111-45)22-20-28-76-72(74)75/h23-26,36-41,44-50,54-60,89-96H,9-22,27-35H2,1-8H3,(H2,73,97)(H,77,103)(H,78,104)(H,79,105)(H,80,100)(H,81,98)(H,82,99)(H,83,101)(H,84,102)(H,85,106)(H,86,107)(H4,74,75,76)/t37-,38-,39-,40-,41-,44-,45-,46+,47+,48+,49+,50-,54+,55-,56-,57-,58+,59+,60+/m1/s1. The zero-order chi connectivity index (χ0) is 83.1. The monoisotopic (exact) mass is 1570 g/mol. The molecule has 1 aromatic carbocycles. The summed E-state index contributed by atoms with van der Waals surface area (Å²) in [6.07, 6.45) is -6.55. The fourth-order valence-electron chi connectivity index (χ4n) is 12.9. The number of nitrogens with two attached hydrogens (primary N) is 3. The number of nitrogens with one attached hydrogen (secondary N) is 10. The van der Waals surface area contributed by atoms with Crippen molar-refractivity contribution in [3.63, 3.8) is 0 Å². The molecule has 24 N–H and O–H groups in total. The van der Waals surface area contributed by atoms with Crippen LogP contribution in [0.5, 0.6) is 5.75 Å². The molecule has 3 saturated heterocycles. The van der Waals surface area contributed by atoms with Gasteiger partial charge in [0.2, 0.25) is 76.8 Å². The first-order valence-corrected chi connectivity index (χ1v) is 37.9. The highest BCUT2D eigenvalue weighted by atomic mass is 16.5. The molecule has 3 aliphatic rings. The number of rotatable bonds is 26. The summed E-state index contributed by atoms with van der Waals surface area (Å²) in [7, 11) is 0. The van der Waals surface area contributed by atoms with Crippen LogP contribution in [0.15, 0.2) is 29.3 Å². The highest BCUT2D eigenvalue weighted by Gasteiger charge is 2.48. The number of cyclic esters (lactones) is 1. The number of nitrogens with zero attached hydrogens (tertiary/aromatic N) is 3. The van der Waals surface area contributed by atoms with Crippen LogP contribution in [0, 0.1) is 5.92 Å². The Labute approximate surface area is 644 Å². The van der Waals surface area contributed by atoms with Crippen molar-refractivity contribution in [2.24, 2.45) is 28.1 Å². The molecule has 0 bridgehead atoms. The van der Waals surface area contributed by atoms with Crippen molar-refractivity contribution in [3.8, 4) is 5.75 Å². The van der Waals surface area contributed by atoms with Gasteiger partial charge in [0.1, 0.15) is 78.3 Å². The van der Waals surface area contributed by atoms with E-state index >= 15 is 0 Å². The Kier molecular flexibility index (Phi) is 39.3. The van der Waals surface area contributed by atoms with E-state index in [9.17, 15) is 108 Å². The number of ether oxygens (including phenoxy) is 1. The van der Waals surface area contributed by atoms with Gasteiger partial charge in [-0.25, -0.2) is 4.79 Å². The molecule has 0 aromatic heterocycles. The average Bonchev–Trinajstić information content (AvgIpc) is 1.70. The van der Waals surface area contributed by atoms with E-state index in [-0.39, 0.29) is 50.4 Å². The van der Waals surface area contributed by atoms with Crippen molar-refractivity contribution < 1.29 is 113 Å². The van der Waals surface area contributed by atoms with Gasteiger partial charge in [-0.1, -0.05) is 97.1 Å². The van der Waals surface area contributed by atoms with Gasteiger partial charge in [-0.15, -0.1) is 0 Å². The number of esters is 1. The molecule has 4 rings (SSSR count). The molecular weight excluding hydrogens is 1460 g/mol. The van der Waals surface area contributed by atoms with E-state index in [1.54, 1.807) is 0 Å². The van der Waals surface area contributed by atoms with Crippen molar-refractivity contribution in [3.05, 3.63) is 29.8 Å². The van der Waals surface area contributed by atoms with Crippen LogP contribution >= 0.6 is 0 Å². The maximum absolute atomic E-state index is 14.8. The smallest absolute Gasteiger partial charge is 0.328 e. The number of benzene rings is 1. The number of carbonyl (C=O) groups excluding carboxylic acids is 14. The van der Waals surface area contributed by atoms with Crippen LogP contribution in [-0.2, 0) is 78.3 Å². The first kappa shape index (κ1) is 94.0. The molecule has 0 radical (unpaired) electrons. The van der Waals surface area contributed by atoms with Gasteiger partial charge in [-0.3, -0.25) is 67.3 Å². The lowest BCUT2D eigenvalue weighted by Crippen LogP contribution is -2.64. The summed E-state index contributed by atoms with van der Waals surface area (Å²) in [6.45, 7) is 8.52. The third kappa shape index (κ3) is 30.7. The number of carbonyl (C=O) groups is 14. The second-order valence-electron chi connectivity index (χ2n) is 29.2. The summed E-state index contributed by atoms with van der Waals surface area (Å²) in [6, 6.07) is -14.6. The van der Waals surface area contributed by atoms with Gasteiger partial charge in [0, 0.05) is 32.5 Å². The normalized spacial score (nSPS) is 27.6. The Morgan fingerprint density at radius 3 is 1.61 bits per heavy atom. The number of aromatic hydroxyl groups is 1. The first-order chi connectivity index (χ1) is 52.3. The topological polar surface area (TPSA) is 627 Å². The van der Waals surface area contributed by atoms with Gasteiger partial charge in [0.15, 0.2) is 5.96 Å². The molecule has 3 fully saturated rings. The Morgan fingerprint density at radius 1 is 0.550 bits per heavy atom. The highest BCUT2D eigenvalue weighted by Crippen LogP contribution is 2.25. The van der Waals surface area contributed by atoms with Crippen molar-refractivity contribution in [1.29, 1.82) is 0 Å². The summed E-state index contributed by atoms with van der Waals surface area (Å²) in [5.74, 6) is -17.7. The van der Waals surface area contributed by atoms with E-state index in [1.165, 1.54) is 45.0 Å². The number of phenolic OH excluding ortho intramolecular Hbond substituents is 1. The lowest BCUT2D eigenvalue weighted by molar-refractivity contribution is -0.155. The summed E-state index contributed by atoms with van der Waals surface area (Å²) in [5.41, 5.74) is 16.8. The minimum atomic E-state index is -2.24. The fourth-order valence-corrected chi connectivity index (χ4v) is 12.9. The van der Waals surface area contributed by atoms with Crippen LogP contribution < -0.4 is 70.4 Å². The molecule has 0 unspecified atom stereocenters. The number of guanidine groups is 1. The van der Waals surface area contributed by atoms with Crippen molar-refractivity contribution in [1.82, 2.24) is 63.0 Å². The molecular formula is C72H118N16O23. The number of primary amides is 1. The number of aliphatic hydroxyl groups excluding tert-OH is 7. The second kappa shape index (κ2) is 46.4. The zero-order valence-electron chi connectivity index (χ0n) is 64.4. The number of unbranched alkanes of at least 4 members (excludes halogenated alkanes) is 10. The minimum absolute atomic E-state index is 0.0142. The molecule has 111 heavy (non-hydrogen) atoms. The van der Waals surface area contributed by atoms with Gasteiger partial charge in [-0.05, 0) is 90.3 Å². The van der Waals surface area contributed by atoms with E-state index in [0.717, 1.165) is 90.4 Å². The molecule has 13 amide bonds. The van der Waals surface area contributed by atoms with Crippen LogP contribution in [0.4, 0.5) is 0 Å². The van der Waals surface area contributed by atoms with Gasteiger partial charge in [0.05, 0.1) is 62.1 Å². The Morgan fingerprint density at radius 2 is 1.05 bits per heavy atom. The van der Waals surface area contributed by atoms with E-state index in [1.807, 2.05) is 0 Å². The molecule has 39 nitrogen and oxygen atoms in total. The van der Waals surface area contributed by atoms with Gasteiger partial charge in [0.25, 0.3) is 0 Å². The van der Waals surface area contributed by atoms with Gasteiger partial charge >= 0.3 is 5.97 Å². The maximum atomic E-state index is 14.8.